The van der Waals surface area contributed by atoms with E-state index < -0.39 is 23.6 Å². The zero-order valence-electron chi connectivity index (χ0n) is 18.8. The first-order chi connectivity index (χ1) is 16.8. The molecular formula is C25H25F3N4O3. The minimum atomic E-state index is -4.70. The molecule has 1 aromatic heterocycles. The Bertz CT molecular complexity index is 1160. The Hall–Kier alpha value is -3.95. The number of anilines is 4. The van der Waals surface area contributed by atoms with E-state index in [1.165, 1.54) is 36.9 Å². The Kier molecular flexibility index (Phi) is 7.28. The summed E-state index contributed by atoms with van der Waals surface area (Å²) in [6, 6.07) is 13.6. The van der Waals surface area contributed by atoms with Gasteiger partial charge in [0.25, 0.3) is 5.91 Å². The van der Waals surface area contributed by atoms with Crippen molar-refractivity contribution >= 4 is 34.6 Å². The Morgan fingerprint density at radius 1 is 0.914 bits per heavy atom. The third-order valence-corrected chi connectivity index (χ3v) is 5.64. The predicted octanol–water partition coefficient (Wildman–Crippen LogP) is 5.59. The second kappa shape index (κ2) is 10.5. The fourth-order valence-corrected chi connectivity index (χ4v) is 3.90. The predicted molar refractivity (Wildman–Crippen MR) is 128 cm³/mol. The monoisotopic (exact) mass is 486 g/mol. The van der Waals surface area contributed by atoms with Crippen molar-refractivity contribution in [2.45, 2.75) is 25.4 Å². The van der Waals surface area contributed by atoms with E-state index in [0.717, 1.165) is 37.7 Å². The molecule has 2 amide bonds. The van der Waals surface area contributed by atoms with Gasteiger partial charge in [0.05, 0.1) is 18.4 Å². The Morgan fingerprint density at radius 2 is 1.63 bits per heavy atom. The van der Waals surface area contributed by atoms with Gasteiger partial charge in [-0.05, 0) is 73.9 Å². The molecule has 35 heavy (non-hydrogen) atoms. The lowest BCUT2D eigenvalue weighted by molar-refractivity contribution is -0.137. The van der Waals surface area contributed by atoms with Crippen LogP contribution in [-0.4, -0.2) is 31.4 Å². The van der Waals surface area contributed by atoms with Gasteiger partial charge >= 0.3 is 6.18 Å². The molecule has 1 aliphatic rings. The molecule has 0 bridgehead atoms. The summed E-state index contributed by atoms with van der Waals surface area (Å²) in [5.74, 6) is -1.19. The third kappa shape index (κ3) is 6.34. The maximum absolute atomic E-state index is 13.6. The van der Waals surface area contributed by atoms with E-state index in [-0.39, 0.29) is 23.7 Å². The largest absolute Gasteiger partial charge is 0.459 e. The molecule has 1 saturated heterocycles. The average Bonchev–Trinajstić information content (AvgIpc) is 3.39. The van der Waals surface area contributed by atoms with Crippen molar-refractivity contribution in [1.29, 1.82) is 0 Å². The fraction of sp³-hybridized carbons (Fsp3) is 0.280. The summed E-state index contributed by atoms with van der Waals surface area (Å²) >= 11 is 0. The molecule has 0 aliphatic carbocycles. The Balaban J connectivity index is 1.37. The Morgan fingerprint density at radius 3 is 2.29 bits per heavy atom. The molecule has 184 valence electrons. The van der Waals surface area contributed by atoms with Crippen LogP contribution in [0.3, 0.4) is 0 Å². The summed E-state index contributed by atoms with van der Waals surface area (Å²) in [5.41, 5.74) is 0.305. The highest BCUT2D eigenvalue weighted by Gasteiger charge is 2.34. The molecule has 10 heteroatoms. The maximum atomic E-state index is 13.6. The molecule has 4 rings (SSSR count). The number of alkyl halides is 3. The van der Waals surface area contributed by atoms with Crippen LogP contribution < -0.4 is 20.9 Å². The molecule has 1 fully saturated rings. The summed E-state index contributed by atoms with van der Waals surface area (Å²) < 4.78 is 45.8. The smallest absolute Gasteiger partial charge is 0.418 e. The van der Waals surface area contributed by atoms with Crippen molar-refractivity contribution in [3.8, 4) is 0 Å². The normalized spacial score (nSPS) is 13.9. The minimum absolute atomic E-state index is 0.0265. The van der Waals surface area contributed by atoms with Crippen molar-refractivity contribution in [1.82, 2.24) is 0 Å². The van der Waals surface area contributed by atoms with Gasteiger partial charge in [-0.3, -0.25) is 9.59 Å². The van der Waals surface area contributed by atoms with E-state index in [2.05, 4.69) is 20.9 Å². The molecule has 0 radical (unpaired) electrons. The van der Waals surface area contributed by atoms with Crippen LogP contribution in [0.15, 0.2) is 65.3 Å². The summed E-state index contributed by atoms with van der Waals surface area (Å²) in [5, 5.41) is 7.59. The minimum Gasteiger partial charge on any atom is -0.459 e. The Labute approximate surface area is 200 Å². The number of hydrogen-bond acceptors (Lipinski definition) is 5. The lowest BCUT2D eigenvalue weighted by atomic mass is 10.1. The van der Waals surface area contributed by atoms with Crippen molar-refractivity contribution in [3.05, 3.63) is 72.2 Å². The van der Waals surface area contributed by atoms with Gasteiger partial charge in [-0.15, -0.1) is 0 Å². The first kappa shape index (κ1) is 24.2. The molecule has 2 aromatic carbocycles. The summed E-state index contributed by atoms with van der Waals surface area (Å²) in [4.78, 5) is 26.7. The van der Waals surface area contributed by atoms with Crippen LogP contribution in [0.1, 0.15) is 35.4 Å². The van der Waals surface area contributed by atoms with Gasteiger partial charge < -0.3 is 25.3 Å². The highest BCUT2D eigenvalue weighted by atomic mass is 19.4. The summed E-state index contributed by atoms with van der Waals surface area (Å²) in [6.07, 6.45) is 0.129. The van der Waals surface area contributed by atoms with E-state index in [1.807, 2.05) is 12.1 Å². The number of amides is 2. The van der Waals surface area contributed by atoms with Crippen LogP contribution in [0, 0.1) is 0 Å². The van der Waals surface area contributed by atoms with Gasteiger partial charge in [0.2, 0.25) is 5.91 Å². The van der Waals surface area contributed by atoms with Crippen LogP contribution in [-0.2, 0) is 11.0 Å². The molecule has 0 spiro atoms. The number of furan rings is 1. The quantitative estimate of drug-likeness (QED) is 0.405. The van der Waals surface area contributed by atoms with Crippen LogP contribution >= 0.6 is 0 Å². The fourth-order valence-electron chi connectivity index (χ4n) is 3.90. The van der Waals surface area contributed by atoms with Crippen molar-refractivity contribution in [3.63, 3.8) is 0 Å². The number of halogens is 3. The topological polar surface area (TPSA) is 86.6 Å². The highest BCUT2D eigenvalue weighted by molar-refractivity contribution is 6.02. The number of carbonyl (C=O) groups excluding carboxylic acids is 2. The zero-order chi connectivity index (χ0) is 24.8. The second-order valence-corrected chi connectivity index (χ2v) is 8.19. The van der Waals surface area contributed by atoms with Crippen LogP contribution in [0.2, 0.25) is 0 Å². The number of hydrogen-bond donors (Lipinski definition) is 3. The molecule has 0 atom stereocenters. The van der Waals surface area contributed by atoms with Gasteiger partial charge in [-0.1, -0.05) is 0 Å². The van der Waals surface area contributed by atoms with Crippen LogP contribution in [0.4, 0.5) is 35.9 Å². The molecule has 3 aromatic rings. The van der Waals surface area contributed by atoms with Crippen molar-refractivity contribution in [2.24, 2.45) is 0 Å². The molecule has 1 aliphatic heterocycles. The lowest BCUT2D eigenvalue weighted by Gasteiger charge is -2.28. The summed E-state index contributed by atoms with van der Waals surface area (Å²) in [7, 11) is 0. The maximum Gasteiger partial charge on any atom is 0.418 e. The van der Waals surface area contributed by atoms with Gasteiger partial charge in [0.1, 0.15) is 0 Å². The van der Waals surface area contributed by atoms with Crippen molar-refractivity contribution < 1.29 is 27.2 Å². The molecule has 2 heterocycles. The van der Waals surface area contributed by atoms with E-state index in [1.54, 1.807) is 12.1 Å². The molecule has 0 saturated carbocycles. The molecular weight excluding hydrogens is 461 g/mol. The van der Waals surface area contributed by atoms with Gasteiger partial charge in [-0.25, -0.2) is 0 Å². The molecule has 3 N–H and O–H groups in total. The van der Waals surface area contributed by atoms with E-state index >= 15 is 0 Å². The number of carbonyl (C=O) groups is 2. The van der Waals surface area contributed by atoms with Crippen LogP contribution in [0.25, 0.3) is 0 Å². The molecule has 0 unspecified atom stereocenters. The highest BCUT2D eigenvalue weighted by Crippen LogP contribution is 2.36. The van der Waals surface area contributed by atoms with E-state index in [4.69, 9.17) is 4.42 Å². The first-order valence-corrected chi connectivity index (χ1v) is 11.2. The summed E-state index contributed by atoms with van der Waals surface area (Å²) in [6.45, 7) is 1.64. The second-order valence-electron chi connectivity index (χ2n) is 8.19. The number of piperidine rings is 1. The standard InChI is InChI=1S/C25H25F3N4O3/c26-25(27,28)20-15-18(31-24(34)22-5-4-14-35-22)8-11-21(20)29-16-23(33)30-17-6-9-19(10-7-17)32-12-2-1-3-13-32/h4-11,14-15,29H,1-3,12-13,16H2,(H,30,33)(H,31,34). The number of benzene rings is 2. The van der Waals surface area contributed by atoms with Crippen LogP contribution in [0.5, 0.6) is 0 Å². The lowest BCUT2D eigenvalue weighted by Crippen LogP contribution is -2.29. The van der Waals surface area contributed by atoms with Crippen molar-refractivity contribution in [2.75, 3.05) is 40.5 Å². The third-order valence-electron chi connectivity index (χ3n) is 5.64. The zero-order valence-corrected chi connectivity index (χ0v) is 18.8. The van der Waals surface area contributed by atoms with E-state index in [9.17, 15) is 22.8 Å². The van der Waals surface area contributed by atoms with Gasteiger partial charge in [0, 0.05) is 35.8 Å². The van der Waals surface area contributed by atoms with Gasteiger partial charge in [-0.2, -0.15) is 13.2 Å². The average molecular weight is 486 g/mol. The molecule has 7 nitrogen and oxygen atoms in total. The number of nitrogens with one attached hydrogen (secondary N) is 3. The number of nitrogens with zero attached hydrogens (tertiary/aromatic N) is 1. The van der Waals surface area contributed by atoms with E-state index in [0.29, 0.717) is 5.69 Å². The van der Waals surface area contributed by atoms with Gasteiger partial charge in [0.15, 0.2) is 5.76 Å². The SMILES string of the molecule is O=C(CNc1ccc(NC(=O)c2ccco2)cc1C(F)(F)F)Nc1ccc(N2CCCCC2)cc1. The number of rotatable bonds is 7. The first-order valence-electron chi connectivity index (χ1n) is 11.2.